The summed E-state index contributed by atoms with van der Waals surface area (Å²) in [6.45, 7) is 0. The third-order valence-corrected chi connectivity index (χ3v) is 3.43. The molecule has 0 bridgehead atoms. The number of imidazole rings is 1. The molecule has 1 unspecified atom stereocenters. The van der Waals surface area contributed by atoms with Gasteiger partial charge in [-0.15, -0.1) is 0 Å². The van der Waals surface area contributed by atoms with Crippen molar-refractivity contribution in [2.24, 2.45) is 18.8 Å². The third kappa shape index (κ3) is 2.58. The van der Waals surface area contributed by atoms with Crippen LogP contribution in [0.2, 0.25) is 0 Å². The van der Waals surface area contributed by atoms with Gasteiger partial charge in [-0.25, -0.2) is 4.98 Å². The van der Waals surface area contributed by atoms with Crippen molar-refractivity contribution in [1.29, 1.82) is 0 Å². The maximum absolute atomic E-state index is 5.58. The van der Waals surface area contributed by atoms with Gasteiger partial charge in [-0.05, 0) is 12.3 Å². The van der Waals surface area contributed by atoms with E-state index in [1.807, 2.05) is 19.4 Å². The summed E-state index contributed by atoms with van der Waals surface area (Å²) in [5.74, 6) is 7.57. The smallest absolute Gasteiger partial charge is 0.109 e. The molecule has 3 N–H and O–H groups in total. The molecule has 0 aromatic carbocycles. The molecule has 4 nitrogen and oxygen atoms in total. The lowest BCUT2D eigenvalue weighted by molar-refractivity contribution is 0.258. The highest BCUT2D eigenvalue weighted by atomic mass is 15.2. The summed E-state index contributed by atoms with van der Waals surface area (Å²) in [5, 5.41) is 0. The minimum absolute atomic E-state index is 0.372. The fourth-order valence-electron chi connectivity index (χ4n) is 2.15. The van der Waals surface area contributed by atoms with E-state index in [0.29, 0.717) is 6.04 Å². The van der Waals surface area contributed by atoms with Crippen LogP contribution in [0.4, 0.5) is 0 Å². The van der Waals surface area contributed by atoms with E-state index in [-0.39, 0.29) is 0 Å². The molecule has 0 spiro atoms. The zero-order valence-corrected chi connectivity index (χ0v) is 9.32. The summed E-state index contributed by atoms with van der Waals surface area (Å²) in [4.78, 5) is 4.32. The lowest BCUT2D eigenvalue weighted by atomic mass is 9.80. The lowest BCUT2D eigenvalue weighted by Gasteiger charge is -2.29. The van der Waals surface area contributed by atoms with Crippen LogP contribution in [0.1, 0.15) is 31.5 Å². The second-order valence-electron chi connectivity index (χ2n) is 4.55. The largest absolute Gasteiger partial charge is 0.338 e. The number of aryl methyl sites for hydroxylation is 1. The Bertz CT molecular complexity index is 303. The monoisotopic (exact) mass is 208 g/mol. The Labute approximate surface area is 90.8 Å². The highest BCUT2D eigenvalue weighted by Crippen LogP contribution is 2.30. The van der Waals surface area contributed by atoms with E-state index in [4.69, 9.17) is 5.84 Å². The Morgan fingerprint density at radius 3 is 2.93 bits per heavy atom. The van der Waals surface area contributed by atoms with Crippen molar-refractivity contribution in [3.8, 4) is 0 Å². The van der Waals surface area contributed by atoms with Crippen LogP contribution >= 0.6 is 0 Å². The molecular weight excluding hydrogens is 188 g/mol. The molecule has 1 atom stereocenters. The van der Waals surface area contributed by atoms with E-state index >= 15 is 0 Å². The Morgan fingerprint density at radius 1 is 1.67 bits per heavy atom. The molecule has 4 heteroatoms. The van der Waals surface area contributed by atoms with Crippen LogP contribution in [-0.4, -0.2) is 15.6 Å². The molecule has 0 aliphatic heterocycles. The van der Waals surface area contributed by atoms with Crippen LogP contribution in [0.25, 0.3) is 0 Å². The second-order valence-corrected chi connectivity index (χ2v) is 4.55. The van der Waals surface area contributed by atoms with Crippen molar-refractivity contribution < 1.29 is 0 Å². The SMILES string of the molecule is Cn1ccnc1CC(CC1CCC1)NN. The first-order chi connectivity index (χ1) is 7.29. The van der Waals surface area contributed by atoms with Crippen molar-refractivity contribution >= 4 is 0 Å². The Kier molecular flexibility index (Phi) is 3.38. The molecule has 0 amide bonds. The Hall–Kier alpha value is -0.870. The number of hydrogen-bond acceptors (Lipinski definition) is 3. The predicted octanol–water partition coefficient (Wildman–Crippen LogP) is 0.985. The minimum atomic E-state index is 0.372. The number of rotatable bonds is 5. The van der Waals surface area contributed by atoms with Crippen LogP contribution in [0.3, 0.4) is 0 Å². The molecular formula is C11H20N4. The normalized spacial score (nSPS) is 18.8. The first-order valence-corrected chi connectivity index (χ1v) is 5.72. The molecule has 2 rings (SSSR count). The number of nitrogens with one attached hydrogen (secondary N) is 1. The highest BCUT2D eigenvalue weighted by Gasteiger charge is 2.22. The quantitative estimate of drug-likeness (QED) is 0.560. The third-order valence-electron chi connectivity index (χ3n) is 3.43. The van der Waals surface area contributed by atoms with Crippen molar-refractivity contribution in [1.82, 2.24) is 15.0 Å². The molecule has 0 saturated heterocycles. The molecule has 15 heavy (non-hydrogen) atoms. The molecule has 1 aliphatic rings. The van der Waals surface area contributed by atoms with Crippen LogP contribution in [0.15, 0.2) is 12.4 Å². The van der Waals surface area contributed by atoms with E-state index in [0.717, 1.165) is 18.2 Å². The number of hydrogen-bond donors (Lipinski definition) is 2. The second kappa shape index (κ2) is 4.77. The fourth-order valence-corrected chi connectivity index (χ4v) is 2.15. The lowest BCUT2D eigenvalue weighted by Crippen LogP contribution is -2.39. The van der Waals surface area contributed by atoms with Gasteiger partial charge in [-0.2, -0.15) is 0 Å². The summed E-state index contributed by atoms with van der Waals surface area (Å²) in [6, 6.07) is 0.372. The van der Waals surface area contributed by atoms with Crippen molar-refractivity contribution in [2.45, 2.75) is 38.1 Å². The van der Waals surface area contributed by atoms with Gasteiger partial charge in [0, 0.05) is 31.9 Å². The molecule has 1 heterocycles. The van der Waals surface area contributed by atoms with E-state index in [2.05, 4.69) is 15.0 Å². The maximum Gasteiger partial charge on any atom is 0.109 e. The van der Waals surface area contributed by atoms with E-state index in [9.17, 15) is 0 Å². The molecule has 1 aromatic heterocycles. The number of nitrogens with two attached hydrogens (primary N) is 1. The van der Waals surface area contributed by atoms with Gasteiger partial charge in [0.1, 0.15) is 5.82 Å². The summed E-state index contributed by atoms with van der Waals surface area (Å²) in [7, 11) is 2.03. The molecule has 1 fully saturated rings. The number of hydrazine groups is 1. The van der Waals surface area contributed by atoms with Crippen LogP contribution in [0, 0.1) is 5.92 Å². The first kappa shape index (κ1) is 10.6. The number of aromatic nitrogens is 2. The standard InChI is InChI=1S/C11H20N4/c1-15-6-5-13-11(15)8-10(14-12)7-9-3-2-4-9/h5-6,9-10,14H,2-4,7-8,12H2,1H3. The topological polar surface area (TPSA) is 55.9 Å². The highest BCUT2D eigenvalue weighted by molar-refractivity contribution is 4.95. The van der Waals surface area contributed by atoms with Gasteiger partial charge in [0.05, 0.1) is 0 Å². The van der Waals surface area contributed by atoms with E-state index in [1.165, 1.54) is 25.7 Å². The number of nitrogens with zero attached hydrogens (tertiary/aromatic N) is 2. The average molecular weight is 208 g/mol. The Morgan fingerprint density at radius 2 is 2.47 bits per heavy atom. The summed E-state index contributed by atoms with van der Waals surface area (Å²) in [6.07, 6.45) is 10.1. The first-order valence-electron chi connectivity index (χ1n) is 5.72. The molecule has 0 radical (unpaired) electrons. The Balaban J connectivity index is 1.87. The van der Waals surface area contributed by atoms with Crippen LogP contribution in [0.5, 0.6) is 0 Å². The zero-order chi connectivity index (χ0) is 10.7. The van der Waals surface area contributed by atoms with Gasteiger partial charge in [0.25, 0.3) is 0 Å². The molecule has 84 valence electrons. The van der Waals surface area contributed by atoms with Crippen molar-refractivity contribution in [2.75, 3.05) is 0 Å². The maximum atomic E-state index is 5.58. The van der Waals surface area contributed by atoms with Crippen molar-refractivity contribution in [3.05, 3.63) is 18.2 Å². The van der Waals surface area contributed by atoms with Crippen LogP contribution in [-0.2, 0) is 13.5 Å². The van der Waals surface area contributed by atoms with Gasteiger partial charge in [-0.1, -0.05) is 19.3 Å². The minimum Gasteiger partial charge on any atom is -0.338 e. The van der Waals surface area contributed by atoms with Gasteiger partial charge in [0.2, 0.25) is 0 Å². The average Bonchev–Trinajstić information content (AvgIpc) is 2.56. The van der Waals surface area contributed by atoms with Crippen molar-refractivity contribution in [3.63, 3.8) is 0 Å². The van der Waals surface area contributed by atoms with Crippen LogP contribution < -0.4 is 11.3 Å². The van der Waals surface area contributed by atoms with Gasteiger partial charge in [-0.3, -0.25) is 11.3 Å². The summed E-state index contributed by atoms with van der Waals surface area (Å²) in [5.41, 5.74) is 2.91. The van der Waals surface area contributed by atoms with Gasteiger partial charge >= 0.3 is 0 Å². The van der Waals surface area contributed by atoms with E-state index < -0.39 is 0 Å². The summed E-state index contributed by atoms with van der Waals surface area (Å²) < 4.78 is 2.06. The van der Waals surface area contributed by atoms with Gasteiger partial charge < -0.3 is 4.57 Å². The predicted molar refractivity (Wildman–Crippen MR) is 60.0 cm³/mol. The summed E-state index contributed by atoms with van der Waals surface area (Å²) >= 11 is 0. The molecule has 1 aliphatic carbocycles. The van der Waals surface area contributed by atoms with E-state index in [1.54, 1.807) is 0 Å². The molecule has 1 saturated carbocycles. The zero-order valence-electron chi connectivity index (χ0n) is 9.32. The van der Waals surface area contributed by atoms with Gasteiger partial charge in [0.15, 0.2) is 0 Å². The fraction of sp³-hybridized carbons (Fsp3) is 0.727. The molecule has 1 aromatic rings.